The van der Waals surface area contributed by atoms with Crippen molar-refractivity contribution in [1.82, 2.24) is 10.2 Å². The fourth-order valence-corrected chi connectivity index (χ4v) is 2.49. The van der Waals surface area contributed by atoms with Crippen LogP contribution in [0.3, 0.4) is 0 Å². The Balaban J connectivity index is 2.01. The molecule has 0 radical (unpaired) electrons. The van der Waals surface area contributed by atoms with Gasteiger partial charge in [0.2, 0.25) is 5.91 Å². The quantitative estimate of drug-likeness (QED) is 0.656. The minimum absolute atomic E-state index is 0.0673. The zero-order chi connectivity index (χ0) is 14.3. The summed E-state index contributed by atoms with van der Waals surface area (Å²) in [5.74, 6) is -0.298. The number of carbonyl (C=O) groups excluding carboxylic acids is 3. The summed E-state index contributed by atoms with van der Waals surface area (Å²) in [7, 11) is 0. The first-order chi connectivity index (χ1) is 8.72. The fraction of sp³-hybridized carbons (Fsp3) is 0.769. The molecule has 0 saturated carbocycles. The van der Waals surface area contributed by atoms with Gasteiger partial charge in [-0.1, -0.05) is 0 Å². The number of Topliss-reactive ketones (excluding diaryl/α,β-unsaturated/α-hetero) is 1. The van der Waals surface area contributed by atoms with Crippen molar-refractivity contribution in [3.63, 3.8) is 0 Å². The molecule has 0 bridgehead atoms. The number of amides is 2. The van der Waals surface area contributed by atoms with Gasteiger partial charge in [-0.3, -0.25) is 9.59 Å². The molecule has 0 aliphatic carbocycles. The molecule has 2 aliphatic heterocycles. The van der Waals surface area contributed by atoms with Gasteiger partial charge >= 0.3 is 6.09 Å². The van der Waals surface area contributed by atoms with Crippen molar-refractivity contribution in [3.05, 3.63) is 0 Å². The predicted molar refractivity (Wildman–Crippen MR) is 67.5 cm³/mol. The van der Waals surface area contributed by atoms with E-state index in [0.29, 0.717) is 26.1 Å². The number of nitrogens with zero attached hydrogens (tertiary/aromatic N) is 1. The fourth-order valence-electron chi connectivity index (χ4n) is 2.49. The van der Waals surface area contributed by atoms with E-state index in [0.717, 1.165) is 0 Å². The third kappa shape index (κ3) is 2.88. The molecule has 6 heteroatoms. The summed E-state index contributed by atoms with van der Waals surface area (Å²) in [5.41, 5.74) is -1.15. The highest BCUT2D eigenvalue weighted by atomic mass is 16.6. The Morgan fingerprint density at radius 2 is 2.05 bits per heavy atom. The molecule has 0 unspecified atom stereocenters. The van der Waals surface area contributed by atoms with Crippen LogP contribution in [0, 0.1) is 5.41 Å². The number of hydrogen-bond acceptors (Lipinski definition) is 4. The molecule has 0 aromatic carbocycles. The molecule has 1 spiro atoms. The van der Waals surface area contributed by atoms with Crippen molar-refractivity contribution >= 4 is 17.8 Å². The standard InChI is InChI=1S/C13H20N2O4/c1-12(2,3)19-11(18)15-5-4-13(8-15)7-14-10(17)6-9(13)16/h4-8H2,1-3H3,(H,14,17)/t13-/m1/s1. The first kappa shape index (κ1) is 13.8. The molecule has 19 heavy (non-hydrogen) atoms. The normalized spacial score (nSPS) is 27.6. The highest BCUT2D eigenvalue weighted by Crippen LogP contribution is 2.34. The van der Waals surface area contributed by atoms with Gasteiger partial charge in [-0.2, -0.15) is 0 Å². The SMILES string of the molecule is CC(C)(C)OC(=O)N1CC[C@@]2(CNC(=O)CC2=O)C1. The summed E-state index contributed by atoms with van der Waals surface area (Å²) < 4.78 is 5.30. The molecule has 2 amide bonds. The molecule has 0 aromatic rings. The highest BCUT2D eigenvalue weighted by molar-refractivity contribution is 6.03. The Kier molecular flexibility index (Phi) is 3.28. The van der Waals surface area contributed by atoms with Crippen LogP contribution >= 0.6 is 0 Å². The maximum atomic E-state index is 12.0. The van der Waals surface area contributed by atoms with Crippen LogP contribution < -0.4 is 5.32 Å². The molecule has 2 saturated heterocycles. The van der Waals surface area contributed by atoms with Gasteiger partial charge in [-0.05, 0) is 27.2 Å². The van der Waals surface area contributed by atoms with Crippen LogP contribution in [0.2, 0.25) is 0 Å². The summed E-state index contributed by atoms with van der Waals surface area (Å²) in [6, 6.07) is 0. The minimum Gasteiger partial charge on any atom is -0.444 e. The summed E-state index contributed by atoms with van der Waals surface area (Å²) in [5, 5.41) is 2.71. The molecule has 2 heterocycles. The predicted octanol–water partition coefficient (Wildman–Crippen LogP) is 0.703. The lowest BCUT2D eigenvalue weighted by molar-refractivity contribution is -0.137. The average molecular weight is 268 g/mol. The van der Waals surface area contributed by atoms with Crippen molar-refractivity contribution in [2.45, 2.75) is 39.2 Å². The van der Waals surface area contributed by atoms with Crippen molar-refractivity contribution in [2.24, 2.45) is 5.41 Å². The second-order valence-electron chi connectivity index (χ2n) is 6.31. The van der Waals surface area contributed by atoms with Crippen LogP contribution in [0.1, 0.15) is 33.6 Å². The second-order valence-corrected chi connectivity index (χ2v) is 6.31. The first-order valence-electron chi connectivity index (χ1n) is 6.50. The molecule has 1 atom stereocenters. The van der Waals surface area contributed by atoms with Crippen molar-refractivity contribution in [1.29, 1.82) is 0 Å². The molecule has 2 fully saturated rings. The van der Waals surface area contributed by atoms with E-state index in [1.54, 1.807) is 4.90 Å². The Morgan fingerprint density at radius 1 is 1.37 bits per heavy atom. The lowest BCUT2D eigenvalue weighted by Crippen LogP contribution is -2.51. The second kappa shape index (κ2) is 4.51. The van der Waals surface area contributed by atoms with Crippen molar-refractivity contribution in [3.8, 4) is 0 Å². The summed E-state index contributed by atoms with van der Waals surface area (Å²) in [4.78, 5) is 36.7. The van der Waals surface area contributed by atoms with E-state index in [4.69, 9.17) is 4.74 Å². The minimum atomic E-state index is -0.606. The molecular formula is C13H20N2O4. The third-order valence-electron chi connectivity index (χ3n) is 3.54. The average Bonchev–Trinajstić information content (AvgIpc) is 2.68. The van der Waals surface area contributed by atoms with Crippen LogP contribution in [0.25, 0.3) is 0 Å². The van der Waals surface area contributed by atoms with Gasteiger partial charge in [0.25, 0.3) is 0 Å². The largest absolute Gasteiger partial charge is 0.444 e. The summed E-state index contributed by atoms with van der Waals surface area (Å²) in [6.07, 6.45) is 0.113. The van der Waals surface area contributed by atoms with Crippen LogP contribution in [0.15, 0.2) is 0 Å². The molecule has 6 nitrogen and oxygen atoms in total. The van der Waals surface area contributed by atoms with Crippen LogP contribution in [-0.4, -0.2) is 47.9 Å². The Morgan fingerprint density at radius 3 is 2.63 bits per heavy atom. The summed E-state index contributed by atoms with van der Waals surface area (Å²) >= 11 is 0. The van der Waals surface area contributed by atoms with E-state index in [1.165, 1.54) is 0 Å². The van der Waals surface area contributed by atoms with Gasteiger partial charge in [0, 0.05) is 19.6 Å². The number of rotatable bonds is 0. The molecule has 2 rings (SSSR count). The molecule has 2 aliphatic rings. The molecule has 0 aromatic heterocycles. The summed E-state index contributed by atoms with van der Waals surface area (Å²) in [6.45, 7) is 6.58. The van der Waals surface area contributed by atoms with E-state index in [-0.39, 0.29) is 18.1 Å². The topological polar surface area (TPSA) is 75.7 Å². The highest BCUT2D eigenvalue weighted by Gasteiger charge is 2.49. The lowest BCUT2D eigenvalue weighted by Gasteiger charge is -2.32. The van der Waals surface area contributed by atoms with Gasteiger partial charge in [0.1, 0.15) is 5.60 Å². The Hall–Kier alpha value is -1.59. The number of ketones is 1. The number of carbonyl (C=O) groups is 3. The van der Waals surface area contributed by atoms with Crippen LogP contribution in [0.5, 0.6) is 0 Å². The van der Waals surface area contributed by atoms with E-state index in [2.05, 4.69) is 5.32 Å². The van der Waals surface area contributed by atoms with Crippen LogP contribution in [-0.2, 0) is 14.3 Å². The van der Waals surface area contributed by atoms with Gasteiger partial charge in [-0.25, -0.2) is 4.79 Å². The maximum absolute atomic E-state index is 12.0. The number of likely N-dealkylation sites (tertiary alicyclic amines) is 1. The van der Waals surface area contributed by atoms with E-state index in [1.807, 2.05) is 20.8 Å². The van der Waals surface area contributed by atoms with Gasteiger partial charge in [0.05, 0.1) is 11.8 Å². The Labute approximate surface area is 112 Å². The number of nitrogens with one attached hydrogen (secondary N) is 1. The zero-order valence-electron chi connectivity index (χ0n) is 11.6. The number of ether oxygens (including phenoxy) is 1. The molecule has 106 valence electrons. The van der Waals surface area contributed by atoms with Crippen molar-refractivity contribution < 1.29 is 19.1 Å². The van der Waals surface area contributed by atoms with Crippen LogP contribution in [0.4, 0.5) is 4.79 Å². The van der Waals surface area contributed by atoms with Gasteiger partial charge < -0.3 is 15.0 Å². The molecular weight excluding hydrogens is 248 g/mol. The third-order valence-corrected chi connectivity index (χ3v) is 3.54. The van der Waals surface area contributed by atoms with Gasteiger partial charge in [0.15, 0.2) is 5.78 Å². The van der Waals surface area contributed by atoms with E-state index in [9.17, 15) is 14.4 Å². The maximum Gasteiger partial charge on any atom is 0.410 e. The zero-order valence-corrected chi connectivity index (χ0v) is 11.6. The van der Waals surface area contributed by atoms with E-state index >= 15 is 0 Å². The van der Waals surface area contributed by atoms with Gasteiger partial charge in [-0.15, -0.1) is 0 Å². The number of piperidine rings is 1. The monoisotopic (exact) mass is 268 g/mol. The first-order valence-corrected chi connectivity index (χ1v) is 6.50. The smallest absolute Gasteiger partial charge is 0.410 e. The Bertz CT molecular complexity index is 427. The number of hydrogen-bond donors (Lipinski definition) is 1. The lowest BCUT2D eigenvalue weighted by atomic mass is 9.78. The molecule has 1 N–H and O–H groups in total. The van der Waals surface area contributed by atoms with Crippen molar-refractivity contribution in [2.75, 3.05) is 19.6 Å². The van der Waals surface area contributed by atoms with E-state index < -0.39 is 17.1 Å².